The lowest BCUT2D eigenvalue weighted by atomic mass is 9.83. The number of anilines is 1. The van der Waals surface area contributed by atoms with Crippen molar-refractivity contribution < 1.29 is 4.74 Å². The summed E-state index contributed by atoms with van der Waals surface area (Å²) >= 11 is 0. The molecular weight excluding hydrogens is 294 g/mol. The molecule has 2 aliphatic rings. The smallest absolute Gasteiger partial charge is 0.267 e. The SMILES string of the molecule is O=c1cccnn1C1COCC1Nc1cc(C2CCC2)ncn1. The van der Waals surface area contributed by atoms with E-state index in [0.29, 0.717) is 19.1 Å². The molecule has 2 aromatic rings. The lowest BCUT2D eigenvalue weighted by molar-refractivity contribution is 0.182. The van der Waals surface area contributed by atoms with Crippen LogP contribution in [0.1, 0.15) is 36.9 Å². The van der Waals surface area contributed by atoms with Crippen LogP contribution in [-0.4, -0.2) is 39.0 Å². The molecular formula is C16H19N5O2. The summed E-state index contributed by atoms with van der Waals surface area (Å²) in [6, 6.07) is 5.01. The zero-order chi connectivity index (χ0) is 15.6. The first-order valence-corrected chi connectivity index (χ1v) is 8.01. The van der Waals surface area contributed by atoms with Crippen LogP contribution in [0.4, 0.5) is 5.82 Å². The highest BCUT2D eigenvalue weighted by Gasteiger charge is 2.31. The summed E-state index contributed by atoms with van der Waals surface area (Å²) in [5, 5.41) is 7.56. The zero-order valence-electron chi connectivity index (χ0n) is 12.8. The van der Waals surface area contributed by atoms with Crippen LogP contribution >= 0.6 is 0 Å². The summed E-state index contributed by atoms with van der Waals surface area (Å²) in [5.74, 6) is 1.35. The van der Waals surface area contributed by atoms with Gasteiger partial charge in [0.05, 0.1) is 19.3 Å². The Morgan fingerprint density at radius 1 is 1.26 bits per heavy atom. The van der Waals surface area contributed by atoms with Gasteiger partial charge in [0.15, 0.2) is 0 Å². The number of nitrogens with zero attached hydrogens (tertiary/aromatic N) is 4. The van der Waals surface area contributed by atoms with Crippen LogP contribution in [0.15, 0.2) is 35.5 Å². The molecule has 0 amide bonds. The van der Waals surface area contributed by atoms with Crippen LogP contribution in [0.5, 0.6) is 0 Å². The van der Waals surface area contributed by atoms with Crippen molar-refractivity contribution in [1.29, 1.82) is 0 Å². The fraction of sp³-hybridized carbons (Fsp3) is 0.500. The van der Waals surface area contributed by atoms with E-state index >= 15 is 0 Å². The number of ether oxygens (including phenoxy) is 1. The Labute approximate surface area is 133 Å². The molecule has 1 N–H and O–H groups in total. The third-order valence-electron chi connectivity index (χ3n) is 4.65. The van der Waals surface area contributed by atoms with E-state index in [9.17, 15) is 4.79 Å². The van der Waals surface area contributed by atoms with Crippen LogP contribution in [-0.2, 0) is 4.74 Å². The Hall–Kier alpha value is -2.28. The third-order valence-corrected chi connectivity index (χ3v) is 4.65. The average molecular weight is 313 g/mol. The molecule has 2 aromatic heterocycles. The van der Waals surface area contributed by atoms with Gasteiger partial charge in [-0.3, -0.25) is 4.79 Å². The Morgan fingerprint density at radius 2 is 2.17 bits per heavy atom. The molecule has 7 heteroatoms. The number of rotatable bonds is 4. The number of hydrogen-bond donors (Lipinski definition) is 1. The highest BCUT2D eigenvalue weighted by atomic mass is 16.5. The largest absolute Gasteiger partial charge is 0.377 e. The molecule has 0 spiro atoms. The van der Waals surface area contributed by atoms with E-state index in [2.05, 4.69) is 20.4 Å². The Kier molecular flexibility index (Phi) is 3.78. The molecule has 2 unspecified atom stereocenters. The summed E-state index contributed by atoms with van der Waals surface area (Å²) in [6.07, 6.45) is 6.91. The minimum Gasteiger partial charge on any atom is -0.377 e. The maximum atomic E-state index is 12.0. The van der Waals surface area contributed by atoms with Gasteiger partial charge < -0.3 is 10.1 Å². The van der Waals surface area contributed by atoms with Crippen LogP contribution in [0.2, 0.25) is 0 Å². The summed E-state index contributed by atoms with van der Waals surface area (Å²) in [4.78, 5) is 20.7. The highest BCUT2D eigenvalue weighted by Crippen LogP contribution is 2.35. The molecule has 0 bridgehead atoms. The minimum absolute atomic E-state index is 0.0354. The van der Waals surface area contributed by atoms with Gasteiger partial charge in [-0.15, -0.1) is 0 Å². The number of hydrogen-bond acceptors (Lipinski definition) is 6. The molecule has 120 valence electrons. The van der Waals surface area contributed by atoms with Crippen LogP contribution in [0.3, 0.4) is 0 Å². The van der Waals surface area contributed by atoms with E-state index in [4.69, 9.17) is 4.74 Å². The lowest BCUT2D eigenvalue weighted by Gasteiger charge is -2.25. The zero-order valence-corrected chi connectivity index (χ0v) is 12.8. The van der Waals surface area contributed by atoms with Crippen molar-refractivity contribution >= 4 is 5.82 Å². The summed E-state index contributed by atoms with van der Waals surface area (Å²) in [7, 11) is 0. The van der Waals surface area contributed by atoms with Crippen molar-refractivity contribution in [2.24, 2.45) is 0 Å². The second-order valence-electron chi connectivity index (χ2n) is 6.12. The molecule has 23 heavy (non-hydrogen) atoms. The minimum atomic E-state index is -0.134. The maximum Gasteiger partial charge on any atom is 0.267 e. The summed E-state index contributed by atoms with van der Waals surface area (Å²) < 4.78 is 7.04. The predicted molar refractivity (Wildman–Crippen MR) is 84.4 cm³/mol. The fourth-order valence-electron chi connectivity index (χ4n) is 3.11. The van der Waals surface area contributed by atoms with Gasteiger partial charge >= 0.3 is 0 Å². The molecule has 1 saturated carbocycles. The first-order chi connectivity index (χ1) is 11.3. The maximum absolute atomic E-state index is 12.0. The van der Waals surface area contributed by atoms with E-state index in [1.54, 1.807) is 18.6 Å². The average Bonchev–Trinajstić information content (AvgIpc) is 2.94. The Bertz CT molecular complexity index is 743. The van der Waals surface area contributed by atoms with Crippen molar-refractivity contribution in [3.05, 3.63) is 46.8 Å². The van der Waals surface area contributed by atoms with Gasteiger partial charge in [-0.2, -0.15) is 5.10 Å². The van der Waals surface area contributed by atoms with Gasteiger partial charge in [0.25, 0.3) is 5.56 Å². The first kappa shape index (κ1) is 14.3. The second-order valence-corrected chi connectivity index (χ2v) is 6.12. The van der Waals surface area contributed by atoms with E-state index in [1.165, 1.54) is 30.0 Å². The molecule has 4 rings (SSSR count). The third kappa shape index (κ3) is 2.84. The van der Waals surface area contributed by atoms with Crippen molar-refractivity contribution in [2.75, 3.05) is 18.5 Å². The predicted octanol–water partition coefficient (Wildman–Crippen LogP) is 1.35. The van der Waals surface area contributed by atoms with Crippen molar-refractivity contribution in [2.45, 2.75) is 37.3 Å². The van der Waals surface area contributed by atoms with E-state index in [1.807, 2.05) is 6.07 Å². The van der Waals surface area contributed by atoms with Crippen molar-refractivity contribution in [3.8, 4) is 0 Å². The Balaban J connectivity index is 1.53. The quantitative estimate of drug-likeness (QED) is 0.917. The molecule has 3 heterocycles. The van der Waals surface area contributed by atoms with Crippen LogP contribution < -0.4 is 10.9 Å². The molecule has 2 fully saturated rings. The molecule has 0 aromatic carbocycles. The van der Waals surface area contributed by atoms with E-state index < -0.39 is 0 Å². The summed E-state index contributed by atoms with van der Waals surface area (Å²) in [6.45, 7) is 0.992. The molecule has 2 atom stereocenters. The van der Waals surface area contributed by atoms with Gasteiger partial charge in [-0.25, -0.2) is 14.6 Å². The fourth-order valence-corrected chi connectivity index (χ4v) is 3.11. The van der Waals surface area contributed by atoms with Gasteiger partial charge in [-0.1, -0.05) is 6.42 Å². The van der Waals surface area contributed by atoms with Gasteiger partial charge in [0.1, 0.15) is 18.2 Å². The van der Waals surface area contributed by atoms with Crippen LogP contribution in [0, 0.1) is 0 Å². The van der Waals surface area contributed by atoms with Crippen molar-refractivity contribution in [3.63, 3.8) is 0 Å². The van der Waals surface area contributed by atoms with Crippen molar-refractivity contribution in [1.82, 2.24) is 19.7 Å². The van der Waals surface area contributed by atoms with Gasteiger partial charge in [0.2, 0.25) is 0 Å². The summed E-state index contributed by atoms with van der Waals surface area (Å²) in [5.41, 5.74) is 0.979. The second kappa shape index (κ2) is 6.08. The van der Waals surface area contributed by atoms with Crippen LogP contribution in [0.25, 0.3) is 0 Å². The normalized spacial score (nSPS) is 24.3. The Morgan fingerprint density at radius 3 is 2.96 bits per heavy atom. The number of aromatic nitrogens is 4. The molecule has 0 radical (unpaired) electrons. The highest BCUT2D eigenvalue weighted by molar-refractivity contribution is 5.38. The van der Waals surface area contributed by atoms with E-state index in [-0.39, 0.29) is 17.6 Å². The molecule has 7 nitrogen and oxygen atoms in total. The molecule has 1 aliphatic carbocycles. The standard InChI is InChI=1S/C16H19N5O2/c22-16-5-2-6-19-21(16)14-9-23-8-13(14)20-15-7-12(17-10-18-15)11-3-1-4-11/h2,5-7,10-11,13-14H,1,3-4,8-9H2,(H,17,18,20). The first-order valence-electron chi connectivity index (χ1n) is 8.01. The van der Waals surface area contributed by atoms with Gasteiger partial charge in [-0.05, 0) is 18.9 Å². The monoisotopic (exact) mass is 313 g/mol. The lowest BCUT2D eigenvalue weighted by Crippen LogP contribution is -2.37. The molecule has 1 saturated heterocycles. The molecule has 1 aliphatic heterocycles. The van der Waals surface area contributed by atoms with Gasteiger partial charge in [0, 0.05) is 29.9 Å². The number of nitrogens with one attached hydrogen (secondary N) is 1. The van der Waals surface area contributed by atoms with E-state index in [0.717, 1.165) is 11.5 Å². The topological polar surface area (TPSA) is 81.9 Å².